The van der Waals surface area contributed by atoms with Gasteiger partial charge < -0.3 is 10.2 Å². The minimum atomic E-state index is 0.720. The van der Waals surface area contributed by atoms with Crippen LogP contribution >= 0.6 is 0 Å². The SMILES string of the molecule is CCCNc1nc(CC)nc(N2CC3CCC2C3)c1C. The van der Waals surface area contributed by atoms with E-state index < -0.39 is 0 Å². The van der Waals surface area contributed by atoms with Crippen molar-refractivity contribution in [3.63, 3.8) is 0 Å². The van der Waals surface area contributed by atoms with Gasteiger partial charge in [0.2, 0.25) is 0 Å². The Morgan fingerprint density at radius 2 is 2.10 bits per heavy atom. The van der Waals surface area contributed by atoms with Gasteiger partial charge in [0, 0.05) is 31.1 Å². The second kappa shape index (κ2) is 5.58. The van der Waals surface area contributed by atoms with Gasteiger partial charge >= 0.3 is 0 Å². The Morgan fingerprint density at radius 3 is 2.70 bits per heavy atom. The summed E-state index contributed by atoms with van der Waals surface area (Å²) in [5.74, 6) is 4.08. The molecule has 1 aliphatic heterocycles. The minimum absolute atomic E-state index is 0.720. The first-order valence-corrected chi connectivity index (χ1v) is 8.11. The molecule has 4 nitrogen and oxygen atoms in total. The second-order valence-corrected chi connectivity index (χ2v) is 6.20. The molecule has 1 N–H and O–H groups in total. The zero-order valence-corrected chi connectivity index (χ0v) is 12.9. The van der Waals surface area contributed by atoms with E-state index in [2.05, 4.69) is 36.0 Å². The molecule has 0 spiro atoms. The Balaban J connectivity index is 1.92. The van der Waals surface area contributed by atoms with Gasteiger partial charge in [0.05, 0.1) is 0 Å². The van der Waals surface area contributed by atoms with Gasteiger partial charge in [-0.2, -0.15) is 0 Å². The van der Waals surface area contributed by atoms with Gasteiger partial charge in [0.1, 0.15) is 17.5 Å². The number of nitrogens with zero attached hydrogens (tertiary/aromatic N) is 3. The van der Waals surface area contributed by atoms with Crippen molar-refractivity contribution in [2.45, 2.75) is 58.9 Å². The second-order valence-electron chi connectivity index (χ2n) is 6.20. The number of aryl methyl sites for hydroxylation is 1. The van der Waals surface area contributed by atoms with Crippen LogP contribution in [0.3, 0.4) is 0 Å². The smallest absolute Gasteiger partial charge is 0.137 e. The number of piperidine rings is 1. The van der Waals surface area contributed by atoms with E-state index >= 15 is 0 Å². The molecule has 2 atom stereocenters. The van der Waals surface area contributed by atoms with Gasteiger partial charge in [0.25, 0.3) is 0 Å². The Hall–Kier alpha value is -1.32. The molecule has 2 heterocycles. The van der Waals surface area contributed by atoms with E-state index in [9.17, 15) is 0 Å². The third kappa shape index (κ3) is 2.36. The molecule has 0 aromatic carbocycles. The van der Waals surface area contributed by atoms with Crippen LogP contribution in [0.25, 0.3) is 0 Å². The van der Waals surface area contributed by atoms with E-state index in [1.807, 2.05) is 0 Å². The molecular weight excluding hydrogens is 248 g/mol. The van der Waals surface area contributed by atoms with Crippen LogP contribution in [0.15, 0.2) is 0 Å². The number of rotatable bonds is 5. The third-order valence-corrected chi connectivity index (χ3v) is 4.71. The van der Waals surface area contributed by atoms with Gasteiger partial charge in [-0.1, -0.05) is 13.8 Å². The standard InChI is InChI=1S/C16H26N4/c1-4-8-17-15-11(3)16(19-14(5-2)18-15)20-10-12-6-7-13(20)9-12/h12-13H,4-10H2,1-3H3,(H,17,18,19). The molecular formula is C16H26N4. The summed E-state index contributed by atoms with van der Waals surface area (Å²) < 4.78 is 0. The van der Waals surface area contributed by atoms with Gasteiger partial charge in [-0.25, -0.2) is 9.97 Å². The van der Waals surface area contributed by atoms with Gasteiger partial charge in [-0.05, 0) is 38.5 Å². The Morgan fingerprint density at radius 1 is 1.25 bits per heavy atom. The van der Waals surface area contributed by atoms with Crippen molar-refractivity contribution in [2.75, 3.05) is 23.3 Å². The predicted molar refractivity (Wildman–Crippen MR) is 83.4 cm³/mol. The summed E-state index contributed by atoms with van der Waals surface area (Å²) in [5.41, 5.74) is 1.23. The fourth-order valence-corrected chi connectivity index (χ4v) is 3.59. The predicted octanol–water partition coefficient (Wildman–Crippen LogP) is 3.16. The number of aromatic nitrogens is 2. The maximum atomic E-state index is 4.84. The maximum absolute atomic E-state index is 4.84. The van der Waals surface area contributed by atoms with Crippen molar-refractivity contribution in [1.29, 1.82) is 0 Å². The lowest BCUT2D eigenvalue weighted by Crippen LogP contribution is -2.33. The summed E-state index contributed by atoms with van der Waals surface area (Å²) in [5, 5.41) is 3.47. The highest BCUT2D eigenvalue weighted by atomic mass is 15.3. The summed E-state index contributed by atoms with van der Waals surface area (Å²) in [4.78, 5) is 12.1. The van der Waals surface area contributed by atoms with Crippen molar-refractivity contribution in [1.82, 2.24) is 9.97 Å². The van der Waals surface area contributed by atoms with E-state index in [1.54, 1.807) is 0 Å². The number of anilines is 2. The van der Waals surface area contributed by atoms with Gasteiger partial charge in [0.15, 0.2) is 0 Å². The van der Waals surface area contributed by atoms with Crippen molar-refractivity contribution < 1.29 is 0 Å². The molecule has 110 valence electrons. The molecule has 1 aliphatic carbocycles. The zero-order chi connectivity index (χ0) is 14.1. The monoisotopic (exact) mass is 274 g/mol. The van der Waals surface area contributed by atoms with Gasteiger partial charge in [-0.15, -0.1) is 0 Å². The van der Waals surface area contributed by atoms with Crippen LogP contribution in [0.2, 0.25) is 0 Å². The third-order valence-electron chi connectivity index (χ3n) is 4.71. The van der Waals surface area contributed by atoms with Crippen molar-refractivity contribution in [2.24, 2.45) is 5.92 Å². The van der Waals surface area contributed by atoms with Gasteiger partial charge in [-0.3, -0.25) is 0 Å². The average Bonchev–Trinajstić information content (AvgIpc) is 3.09. The van der Waals surface area contributed by atoms with Crippen molar-refractivity contribution >= 4 is 11.6 Å². The molecule has 0 amide bonds. The molecule has 2 aliphatic rings. The highest BCUT2D eigenvalue weighted by molar-refractivity contribution is 5.60. The number of nitrogens with one attached hydrogen (secondary N) is 1. The van der Waals surface area contributed by atoms with E-state index in [0.29, 0.717) is 0 Å². The van der Waals surface area contributed by atoms with E-state index in [-0.39, 0.29) is 0 Å². The molecule has 1 aromatic rings. The van der Waals surface area contributed by atoms with E-state index in [4.69, 9.17) is 4.98 Å². The molecule has 1 saturated carbocycles. The maximum Gasteiger partial charge on any atom is 0.137 e. The van der Waals surface area contributed by atoms with Crippen LogP contribution in [0.5, 0.6) is 0 Å². The molecule has 0 radical (unpaired) electrons. The van der Waals surface area contributed by atoms with Crippen LogP contribution < -0.4 is 10.2 Å². The lowest BCUT2D eigenvalue weighted by molar-refractivity contribution is 0.548. The Kier molecular flexibility index (Phi) is 3.81. The average molecular weight is 274 g/mol. The molecule has 2 fully saturated rings. The van der Waals surface area contributed by atoms with Crippen LogP contribution in [0.1, 0.15) is 50.9 Å². The summed E-state index contributed by atoms with van der Waals surface area (Å²) >= 11 is 0. The van der Waals surface area contributed by atoms with Crippen molar-refractivity contribution in [3.8, 4) is 0 Å². The number of fused-ring (bicyclic) bond motifs is 2. The fourth-order valence-electron chi connectivity index (χ4n) is 3.59. The molecule has 3 rings (SSSR count). The number of hydrogen-bond donors (Lipinski definition) is 1. The van der Waals surface area contributed by atoms with Crippen molar-refractivity contribution in [3.05, 3.63) is 11.4 Å². The first-order valence-electron chi connectivity index (χ1n) is 8.11. The van der Waals surface area contributed by atoms with Crippen LogP contribution in [-0.4, -0.2) is 29.1 Å². The molecule has 1 aromatic heterocycles. The summed E-state index contributed by atoms with van der Waals surface area (Å²) in [6.07, 6.45) is 6.13. The Bertz CT molecular complexity index is 486. The normalized spacial score (nSPS) is 24.4. The topological polar surface area (TPSA) is 41.1 Å². The van der Waals surface area contributed by atoms with Crippen LogP contribution in [0, 0.1) is 12.8 Å². The molecule has 1 saturated heterocycles. The summed E-state index contributed by atoms with van der Waals surface area (Å²) in [6, 6.07) is 0.720. The summed E-state index contributed by atoms with van der Waals surface area (Å²) in [6.45, 7) is 8.66. The Labute approximate surface area is 122 Å². The first-order chi connectivity index (χ1) is 9.72. The van der Waals surface area contributed by atoms with E-state index in [0.717, 1.165) is 43.0 Å². The number of hydrogen-bond acceptors (Lipinski definition) is 4. The largest absolute Gasteiger partial charge is 0.370 e. The lowest BCUT2D eigenvalue weighted by Gasteiger charge is -2.30. The summed E-state index contributed by atoms with van der Waals surface area (Å²) in [7, 11) is 0. The highest BCUT2D eigenvalue weighted by Gasteiger charge is 2.39. The van der Waals surface area contributed by atoms with Crippen LogP contribution in [-0.2, 0) is 6.42 Å². The quantitative estimate of drug-likeness (QED) is 0.895. The molecule has 2 bridgehead atoms. The minimum Gasteiger partial charge on any atom is -0.370 e. The lowest BCUT2D eigenvalue weighted by atomic mass is 10.1. The zero-order valence-electron chi connectivity index (χ0n) is 12.9. The highest BCUT2D eigenvalue weighted by Crippen LogP contribution is 2.41. The molecule has 4 heteroatoms. The molecule has 2 unspecified atom stereocenters. The van der Waals surface area contributed by atoms with E-state index in [1.165, 1.54) is 37.2 Å². The first kappa shape index (κ1) is 13.7. The fraction of sp³-hybridized carbons (Fsp3) is 0.750. The molecule has 20 heavy (non-hydrogen) atoms. The van der Waals surface area contributed by atoms with Crippen LogP contribution in [0.4, 0.5) is 11.6 Å².